The molecule has 1 heterocycles. The van der Waals surface area contributed by atoms with Gasteiger partial charge in [0.2, 0.25) is 10.0 Å². The van der Waals surface area contributed by atoms with Crippen molar-refractivity contribution in [3.63, 3.8) is 0 Å². The third-order valence-electron chi connectivity index (χ3n) is 4.24. The van der Waals surface area contributed by atoms with Gasteiger partial charge in [0, 0.05) is 29.2 Å². The van der Waals surface area contributed by atoms with Gasteiger partial charge >= 0.3 is 0 Å². The summed E-state index contributed by atoms with van der Waals surface area (Å²) >= 11 is 6.06. The molecular weight excluding hydrogens is 329 g/mol. The summed E-state index contributed by atoms with van der Waals surface area (Å²) in [5, 5.41) is -0.227. The summed E-state index contributed by atoms with van der Waals surface area (Å²) in [7, 11) is -3.41. The van der Waals surface area contributed by atoms with Crippen molar-refractivity contribution in [1.29, 1.82) is 0 Å². The van der Waals surface area contributed by atoms with Crippen molar-refractivity contribution in [3.05, 3.63) is 34.6 Å². The summed E-state index contributed by atoms with van der Waals surface area (Å²) < 4.78 is 47.1. The van der Waals surface area contributed by atoms with E-state index in [0.717, 1.165) is 12.8 Å². The molecule has 7 heteroatoms. The van der Waals surface area contributed by atoms with Gasteiger partial charge in [0.05, 0.1) is 11.9 Å². The summed E-state index contributed by atoms with van der Waals surface area (Å²) in [5.74, 6) is -0.691. The highest BCUT2D eigenvalue weighted by atomic mass is 35.5. The van der Waals surface area contributed by atoms with Crippen molar-refractivity contribution in [1.82, 2.24) is 4.72 Å². The highest BCUT2D eigenvalue weighted by molar-refractivity contribution is 7.90. The van der Waals surface area contributed by atoms with Gasteiger partial charge in [0.15, 0.2) is 0 Å². The number of hydrogen-bond donors (Lipinski definition) is 1. The molecule has 1 saturated carbocycles. The van der Waals surface area contributed by atoms with E-state index in [-0.39, 0.29) is 18.4 Å². The zero-order valence-electron chi connectivity index (χ0n) is 12.1. The highest BCUT2D eigenvalue weighted by Crippen LogP contribution is 2.30. The van der Waals surface area contributed by atoms with E-state index in [9.17, 15) is 12.8 Å². The van der Waals surface area contributed by atoms with Gasteiger partial charge in [-0.2, -0.15) is 0 Å². The van der Waals surface area contributed by atoms with Crippen molar-refractivity contribution in [3.8, 4) is 0 Å². The Hall–Kier alpha value is -0.690. The highest BCUT2D eigenvalue weighted by Gasteiger charge is 2.39. The number of hydrogen-bond acceptors (Lipinski definition) is 3. The number of rotatable bonds is 5. The summed E-state index contributed by atoms with van der Waals surface area (Å²) in [6.45, 7) is 0.721. The molecule has 0 unspecified atom stereocenters. The third-order valence-corrected chi connectivity index (χ3v) is 6.67. The first-order valence-corrected chi connectivity index (χ1v) is 9.41. The van der Waals surface area contributed by atoms with Crippen LogP contribution in [0.5, 0.6) is 0 Å². The van der Waals surface area contributed by atoms with E-state index in [1.54, 1.807) is 12.1 Å². The van der Waals surface area contributed by atoms with Crippen LogP contribution < -0.4 is 4.72 Å². The van der Waals surface area contributed by atoms with Gasteiger partial charge in [-0.05, 0) is 37.8 Å². The minimum absolute atomic E-state index is 0.0746. The molecule has 2 aliphatic rings. The molecule has 0 bridgehead atoms. The van der Waals surface area contributed by atoms with E-state index in [2.05, 4.69) is 4.72 Å². The van der Waals surface area contributed by atoms with Crippen LogP contribution in [-0.4, -0.2) is 32.9 Å². The molecule has 122 valence electrons. The lowest BCUT2D eigenvalue weighted by molar-refractivity contribution is 0.0567. The molecule has 1 aliphatic carbocycles. The monoisotopic (exact) mass is 347 g/mol. The average Bonchev–Trinajstić information content (AvgIpc) is 3.27. The van der Waals surface area contributed by atoms with Gasteiger partial charge in [-0.1, -0.05) is 17.7 Å². The molecule has 3 rings (SSSR count). The van der Waals surface area contributed by atoms with E-state index in [0.29, 0.717) is 30.2 Å². The van der Waals surface area contributed by atoms with E-state index in [1.807, 2.05) is 0 Å². The van der Waals surface area contributed by atoms with Gasteiger partial charge in [-0.25, -0.2) is 17.5 Å². The van der Waals surface area contributed by atoms with Gasteiger partial charge in [-0.3, -0.25) is 0 Å². The molecule has 1 aliphatic heterocycles. The number of ether oxygens (including phenoxy) is 1. The van der Waals surface area contributed by atoms with Crippen molar-refractivity contribution in [2.75, 3.05) is 13.2 Å². The summed E-state index contributed by atoms with van der Waals surface area (Å²) in [5.41, 5.74) is 0.367. The van der Waals surface area contributed by atoms with Gasteiger partial charge < -0.3 is 4.74 Å². The second kappa shape index (κ2) is 6.43. The van der Waals surface area contributed by atoms with E-state index < -0.39 is 21.1 Å². The van der Waals surface area contributed by atoms with Crippen LogP contribution in [0.3, 0.4) is 0 Å². The normalized spacial score (nSPS) is 26.1. The minimum atomic E-state index is -3.41. The Morgan fingerprint density at radius 3 is 2.77 bits per heavy atom. The first-order valence-electron chi connectivity index (χ1n) is 7.49. The first kappa shape index (κ1) is 16.2. The summed E-state index contributed by atoms with van der Waals surface area (Å²) in [6.07, 6.45) is 2.49. The van der Waals surface area contributed by atoms with Crippen LogP contribution in [-0.2, 0) is 21.2 Å². The number of nitrogens with one attached hydrogen (secondary N) is 1. The maximum atomic E-state index is 14.0. The topological polar surface area (TPSA) is 55.4 Å². The molecule has 1 aromatic rings. The smallest absolute Gasteiger partial charge is 0.215 e. The predicted molar refractivity (Wildman–Crippen MR) is 82.9 cm³/mol. The maximum absolute atomic E-state index is 14.0. The standard InChI is InChI=1S/C15H19ClFNO3S/c16-13-2-1-3-14(17)12(13)8-10-9-21-7-6-15(10)22(19,20)18-11-4-5-11/h1-3,10-11,15,18H,4-9H2/t10-,15+/m1/s1. The van der Waals surface area contributed by atoms with Crippen molar-refractivity contribution < 1.29 is 17.5 Å². The molecule has 0 radical (unpaired) electrons. The number of benzene rings is 1. The first-order chi connectivity index (χ1) is 10.5. The quantitative estimate of drug-likeness (QED) is 0.890. The molecule has 2 fully saturated rings. The largest absolute Gasteiger partial charge is 0.381 e. The fourth-order valence-corrected chi connectivity index (χ4v) is 5.09. The Kier molecular flexibility index (Phi) is 4.73. The lowest BCUT2D eigenvalue weighted by Crippen LogP contribution is -2.45. The lowest BCUT2D eigenvalue weighted by atomic mass is 9.93. The van der Waals surface area contributed by atoms with Crippen LogP contribution in [0.2, 0.25) is 5.02 Å². The van der Waals surface area contributed by atoms with Crippen molar-refractivity contribution in [2.24, 2.45) is 5.92 Å². The number of sulfonamides is 1. The lowest BCUT2D eigenvalue weighted by Gasteiger charge is -2.31. The Balaban J connectivity index is 1.80. The molecule has 2 atom stereocenters. The van der Waals surface area contributed by atoms with Crippen LogP contribution in [0.15, 0.2) is 18.2 Å². The number of halogens is 2. The van der Waals surface area contributed by atoms with E-state index >= 15 is 0 Å². The van der Waals surface area contributed by atoms with Gasteiger partial charge in [0.1, 0.15) is 5.82 Å². The molecular formula is C15H19ClFNO3S. The minimum Gasteiger partial charge on any atom is -0.381 e. The molecule has 0 spiro atoms. The zero-order chi connectivity index (χ0) is 15.7. The fourth-order valence-electron chi connectivity index (χ4n) is 2.89. The van der Waals surface area contributed by atoms with Crippen LogP contribution in [0.4, 0.5) is 4.39 Å². The molecule has 0 amide bonds. The third kappa shape index (κ3) is 3.62. The summed E-state index contributed by atoms with van der Waals surface area (Å²) in [6, 6.07) is 4.58. The molecule has 4 nitrogen and oxygen atoms in total. The predicted octanol–water partition coefficient (Wildman–Crippen LogP) is 2.51. The van der Waals surface area contributed by atoms with E-state index in [1.165, 1.54) is 6.07 Å². The van der Waals surface area contributed by atoms with Crippen molar-refractivity contribution >= 4 is 21.6 Å². The second-order valence-electron chi connectivity index (χ2n) is 6.00. The van der Waals surface area contributed by atoms with Gasteiger partial charge in [0.25, 0.3) is 0 Å². The Morgan fingerprint density at radius 1 is 1.32 bits per heavy atom. The average molecular weight is 348 g/mol. The van der Waals surface area contributed by atoms with Crippen LogP contribution >= 0.6 is 11.6 Å². The summed E-state index contributed by atoms with van der Waals surface area (Å²) in [4.78, 5) is 0. The molecule has 1 aromatic carbocycles. The molecule has 22 heavy (non-hydrogen) atoms. The van der Waals surface area contributed by atoms with E-state index in [4.69, 9.17) is 16.3 Å². The molecule has 1 saturated heterocycles. The zero-order valence-corrected chi connectivity index (χ0v) is 13.7. The SMILES string of the molecule is O=S(=O)(NC1CC1)[C@H]1CCOC[C@H]1Cc1c(F)cccc1Cl. The molecule has 1 N–H and O–H groups in total. The second-order valence-corrected chi connectivity index (χ2v) is 8.34. The Bertz CT molecular complexity index is 628. The van der Waals surface area contributed by atoms with Gasteiger partial charge in [-0.15, -0.1) is 0 Å². The van der Waals surface area contributed by atoms with Crippen LogP contribution in [0, 0.1) is 11.7 Å². The van der Waals surface area contributed by atoms with Crippen LogP contribution in [0.1, 0.15) is 24.8 Å². The molecule has 0 aromatic heterocycles. The maximum Gasteiger partial charge on any atom is 0.215 e. The Morgan fingerprint density at radius 2 is 2.09 bits per heavy atom. The fraction of sp³-hybridized carbons (Fsp3) is 0.600. The van der Waals surface area contributed by atoms with Crippen LogP contribution in [0.25, 0.3) is 0 Å². The Labute approximate surface area is 135 Å². The van der Waals surface area contributed by atoms with Crippen molar-refractivity contribution in [2.45, 2.75) is 37.0 Å².